The third kappa shape index (κ3) is 2.67. The molecule has 1 aliphatic rings. The van der Waals surface area contributed by atoms with E-state index in [4.69, 9.17) is 0 Å². The van der Waals surface area contributed by atoms with Crippen molar-refractivity contribution in [3.8, 4) is 0 Å². The van der Waals surface area contributed by atoms with Gasteiger partial charge in [-0.2, -0.15) is 0 Å². The van der Waals surface area contributed by atoms with Crippen LogP contribution in [0, 0.1) is 12.8 Å². The van der Waals surface area contributed by atoms with Gasteiger partial charge in [-0.05, 0) is 49.2 Å². The number of rotatable bonds is 4. The highest BCUT2D eigenvalue weighted by molar-refractivity contribution is 7.10. The maximum Gasteiger partial charge on any atom is 0.0359 e. The summed E-state index contributed by atoms with van der Waals surface area (Å²) in [6.45, 7) is 5.56. The minimum atomic E-state index is 0.608. The normalized spacial score (nSPS) is 19.9. The number of nitrogens with one attached hydrogen (secondary N) is 1. The first-order valence-electron chi connectivity index (χ1n) is 6.60. The number of hydrogen-bond donors (Lipinski definition) is 1. The van der Waals surface area contributed by atoms with E-state index < -0.39 is 0 Å². The van der Waals surface area contributed by atoms with Crippen LogP contribution < -0.4 is 5.32 Å². The minimum absolute atomic E-state index is 0.608. The Labute approximate surface area is 103 Å². The van der Waals surface area contributed by atoms with Crippen LogP contribution in [0.4, 0.5) is 0 Å². The van der Waals surface area contributed by atoms with Crippen LogP contribution in [0.1, 0.15) is 55.5 Å². The molecule has 2 rings (SSSR count). The Morgan fingerprint density at radius 2 is 2.12 bits per heavy atom. The molecule has 1 aromatic heterocycles. The first kappa shape index (κ1) is 12.1. The van der Waals surface area contributed by atoms with Gasteiger partial charge in [-0.3, -0.25) is 0 Å². The van der Waals surface area contributed by atoms with Gasteiger partial charge in [-0.15, -0.1) is 11.3 Å². The first-order valence-corrected chi connectivity index (χ1v) is 7.48. The molecule has 1 nitrogen and oxygen atoms in total. The van der Waals surface area contributed by atoms with Crippen molar-refractivity contribution in [2.75, 3.05) is 6.54 Å². The fourth-order valence-corrected chi connectivity index (χ4v) is 3.69. The molecule has 16 heavy (non-hydrogen) atoms. The molecule has 1 atom stereocenters. The molecule has 0 aromatic carbocycles. The Balaban J connectivity index is 2.12. The standard InChI is InChI=1S/C14H23NS/c1-3-15-14(12-7-5-4-6-8-12)13-9-10-16-11(13)2/h9-10,12,14-15H,3-8H2,1-2H3. The second-order valence-electron chi connectivity index (χ2n) is 4.87. The lowest BCUT2D eigenvalue weighted by atomic mass is 9.81. The molecule has 90 valence electrons. The van der Waals surface area contributed by atoms with Crippen molar-refractivity contribution in [3.05, 3.63) is 21.9 Å². The average Bonchev–Trinajstić information content (AvgIpc) is 2.73. The summed E-state index contributed by atoms with van der Waals surface area (Å²) in [6, 6.07) is 2.93. The summed E-state index contributed by atoms with van der Waals surface area (Å²) in [4.78, 5) is 1.50. The summed E-state index contributed by atoms with van der Waals surface area (Å²) in [6.07, 6.45) is 7.11. The fourth-order valence-electron chi connectivity index (χ4n) is 2.94. The lowest BCUT2D eigenvalue weighted by Gasteiger charge is -2.31. The molecule has 1 saturated carbocycles. The van der Waals surface area contributed by atoms with Crippen LogP contribution in [-0.2, 0) is 0 Å². The summed E-state index contributed by atoms with van der Waals surface area (Å²) < 4.78 is 0. The number of aryl methyl sites for hydroxylation is 1. The molecule has 2 heteroatoms. The summed E-state index contributed by atoms with van der Waals surface area (Å²) in [5.74, 6) is 0.863. The predicted molar refractivity (Wildman–Crippen MR) is 72.0 cm³/mol. The molecule has 1 fully saturated rings. The summed E-state index contributed by atoms with van der Waals surface area (Å²) >= 11 is 1.88. The topological polar surface area (TPSA) is 12.0 Å². The zero-order valence-corrected chi connectivity index (χ0v) is 11.3. The highest BCUT2D eigenvalue weighted by Crippen LogP contribution is 2.36. The molecule has 1 unspecified atom stereocenters. The maximum atomic E-state index is 3.70. The molecule has 0 aliphatic heterocycles. The van der Waals surface area contributed by atoms with E-state index in [1.165, 1.54) is 37.0 Å². The van der Waals surface area contributed by atoms with E-state index >= 15 is 0 Å². The third-order valence-electron chi connectivity index (χ3n) is 3.78. The maximum absolute atomic E-state index is 3.70. The minimum Gasteiger partial charge on any atom is -0.310 e. The monoisotopic (exact) mass is 237 g/mol. The molecule has 0 radical (unpaired) electrons. The lowest BCUT2D eigenvalue weighted by Crippen LogP contribution is -2.29. The Hall–Kier alpha value is -0.340. The zero-order valence-electron chi connectivity index (χ0n) is 10.5. The van der Waals surface area contributed by atoms with Gasteiger partial charge in [0.1, 0.15) is 0 Å². The number of hydrogen-bond acceptors (Lipinski definition) is 2. The molecule has 0 amide bonds. The van der Waals surface area contributed by atoms with Gasteiger partial charge in [0, 0.05) is 10.9 Å². The van der Waals surface area contributed by atoms with Gasteiger partial charge in [0.2, 0.25) is 0 Å². The predicted octanol–water partition coefficient (Wildman–Crippen LogP) is 4.29. The molecule has 1 aromatic rings. The van der Waals surface area contributed by atoms with Crippen molar-refractivity contribution in [2.24, 2.45) is 5.92 Å². The molecule has 1 N–H and O–H groups in total. The summed E-state index contributed by atoms with van der Waals surface area (Å²) in [5.41, 5.74) is 1.55. The molecular weight excluding hydrogens is 214 g/mol. The number of thiophene rings is 1. The first-order chi connectivity index (χ1) is 7.83. The van der Waals surface area contributed by atoms with E-state index in [9.17, 15) is 0 Å². The van der Waals surface area contributed by atoms with Gasteiger partial charge in [0.05, 0.1) is 0 Å². The molecule has 1 heterocycles. The Morgan fingerprint density at radius 3 is 2.69 bits per heavy atom. The van der Waals surface area contributed by atoms with E-state index in [0.29, 0.717) is 6.04 Å². The van der Waals surface area contributed by atoms with Crippen LogP contribution in [0.5, 0.6) is 0 Å². The van der Waals surface area contributed by atoms with Gasteiger partial charge >= 0.3 is 0 Å². The summed E-state index contributed by atoms with van der Waals surface area (Å²) in [7, 11) is 0. The van der Waals surface area contributed by atoms with Crippen molar-refractivity contribution in [3.63, 3.8) is 0 Å². The van der Waals surface area contributed by atoms with E-state index in [1.54, 1.807) is 5.56 Å². The van der Waals surface area contributed by atoms with Gasteiger partial charge in [0.15, 0.2) is 0 Å². The van der Waals surface area contributed by atoms with Gasteiger partial charge in [0.25, 0.3) is 0 Å². The van der Waals surface area contributed by atoms with Crippen molar-refractivity contribution < 1.29 is 0 Å². The van der Waals surface area contributed by atoms with Crippen molar-refractivity contribution in [2.45, 2.75) is 52.0 Å². The molecule has 1 aliphatic carbocycles. The molecular formula is C14H23NS. The van der Waals surface area contributed by atoms with E-state index in [1.807, 2.05) is 11.3 Å². The smallest absolute Gasteiger partial charge is 0.0359 e. The van der Waals surface area contributed by atoms with E-state index in [0.717, 1.165) is 12.5 Å². The summed E-state index contributed by atoms with van der Waals surface area (Å²) in [5, 5.41) is 5.94. The van der Waals surface area contributed by atoms with Crippen LogP contribution in [0.3, 0.4) is 0 Å². The van der Waals surface area contributed by atoms with Gasteiger partial charge in [-0.1, -0.05) is 26.2 Å². The van der Waals surface area contributed by atoms with E-state index in [-0.39, 0.29) is 0 Å². The van der Waals surface area contributed by atoms with Crippen LogP contribution in [-0.4, -0.2) is 6.54 Å². The SMILES string of the molecule is CCNC(c1ccsc1C)C1CCCCC1. The quantitative estimate of drug-likeness (QED) is 0.824. The average molecular weight is 237 g/mol. The van der Waals surface area contributed by atoms with Crippen LogP contribution >= 0.6 is 11.3 Å². The van der Waals surface area contributed by atoms with Gasteiger partial charge < -0.3 is 5.32 Å². The highest BCUT2D eigenvalue weighted by Gasteiger charge is 2.25. The fraction of sp³-hybridized carbons (Fsp3) is 0.714. The molecule has 0 bridgehead atoms. The Morgan fingerprint density at radius 1 is 1.38 bits per heavy atom. The third-order valence-corrected chi connectivity index (χ3v) is 4.64. The van der Waals surface area contributed by atoms with Crippen molar-refractivity contribution >= 4 is 11.3 Å². The van der Waals surface area contributed by atoms with Crippen LogP contribution in [0.2, 0.25) is 0 Å². The second kappa shape index (κ2) is 5.83. The zero-order chi connectivity index (χ0) is 11.4. The van der Waals surface area contributed by atoms with E-state index in [2.05, 4.69) is 30.6 Å². The molecule has 0 saturated heterocycles. The van der Waals surface area contributed by atoms with Crippen LogP contribution in [0.25, 0.3) is 0 Å². The lowest BCUT2D eigenvalue weighted by molar-refractivity contribution is 0.274. The Bertz CT molecular complexity index is 312. The largest absolute Gasteiger partial charge is 0.310 e. The van der Waals surface area contributed by atoms with Gasteiger partial charge in [-0.25, -0.2) is 0 Å². The highest BCUT2D eigenvalue weighted by atomic mass is 32.1. The second-order valence-corrected chi connectivity index (χ2v) is 5.99. The molecule has 0 spiro atoms. The van der Waals surface area contributed by atoms with Crippen molar-refractivity contribution in [1.29, 1.82) is 0 Å². The van der Waals surface area contributed by atoms with Crippen molar-refractivity contribution in [1.82, 2.24) is 5.32 Å². The van der Waals surface area contributed by atoms with Crippen LogP contribution in [0.15, 0.2) is 11.4 Å². The Kier molecular flexibility index (Phi) is 4.42.